The molecule has 0 saturated carbocycles. The predicted molar refractivity (Wildman–Crippen MR) is 58.4 cm³/mol. The second-order valence-corrected chi connectivity index (χ2v) is 3.20. The van der Waals surface area contributed by atoms with Crippen LogP contribution >= 0.6 is 11.6 Å². The summed E-state index contributed by atoms with van der Waals surface area (Å²) in [6.07, 6.45) is 0. The van der Waals surface area contributed by atoms with Crippen LogP contribution < -0.4 is 10.5 Å². The molecular formula is C10H12ClNO3. The number of carbonyl (C=O) groups excluding carboxylic acids is 1. The van der Waals surface area contributed by atoms with E-state index in [2.05, 4.69) is 0 Å². The van der Waals surface area contributed by atoms with E-state index >= 15 is 0 Å². The summed E-state index contributed by atoms with van der Waals surface area (Å²) in [5, 5.41) is 0.364. The van der Waals surface area contributed by atoms with Crippen molar-refractivity contribution >= 4 is 23.3 Å². The zero-order valence-corrected chi connectivity index (χ0v) is 9.30. The van der Waals surface area contributed by atoms with Crippen molar-refractivity contribution < 1.29 is 14.3 Å². The summed E-state index contributed by atoms with van der Waals surface area (Å²) in [5.41, 5.74) is 6.17. The van der Waals surface area contributed by atoms with Gasteiger partial charge in [-0.05, 0) is 19.1 Å². The van der Waals surface area contributed by atoms with Crippen LogP contribution in [0.2, 0.25) is 5.02 Å². The molecule has 4 nitrogen and oxygen atoms in total. The summed E-state index contributed by atoms with van der Waals surface area (Å²) in [6, 6.07) is 2.93. The molecule has 1 aromatic rings. The van der Waals surface area contributed by atoms with E-state index in [1.54, 1.807) is 6.92 Å². The van der Waals surface area contributed by atoms with Crippen LogP contribution in [-0.2, 0) is 4.74 Å². The van der Waals surface area contributed by atoms with Crippen molar-refractivity contribution in [3.8, 4) is 5.75 Å². The van der Waals surface area contributed by atoms with Crippen LogP contribution in [0.1, 0.15) is 17.3 Å². The zero-order valence-electron chi connectivity index (χ0n) is 8.54. The molecule has 1 aromatic carbocycles. The van der Waals surface area contributed by atoms with Gasteiger partial charge in [-0.15, -0.1) is 0 Å². The normalized spacial score (nSPS) is 9.80. The number of anilines is 1. The minimum Gasteiger partial charge on any atom is -0.495 e. The Morgan fingerprint density at radius 1 is 1.53 bits per heavy atom. The fourth-order valence-electron chi connectivity index (χ4n) is 1.11. The number of methoxy groups -OCH3 is 1. The summed E-state index contributed by atoms with van der Waals surface area (Å²) in [5.74, 6) is -0.0844. The maximum absolute atomic E-state index is 11.4. The van der Waals surface area contributed by atoms with Gasteiger partial charge < -0.3 is 15.2 Å². The number of rotatable bonds is 3. The number of halogens is 1. The first-order valence-electron chi connectivity index (χ1n) is 4.40. The van der Waals surface area contributed by atoms with Gasteiger partial charge in [0, 0.05) is 5.69 Å². The average molecular weight is 230 g/mol. The van der Waals surface area contributed by atoms with E-state index in [1.165, 1.54) is 19.2 Å². The van der Waals surface area contributed by atoms with Gasteiger partial charge in [0.2, 0.25) is 0 Å². The first-order valence-corrected chi connectivity index (χ1v) is 4.78. The molecule has 0 fully saturated rings. The van der Waals surface area contributed by atoms with Crippen LogP contribution in [0.5, 0.6) is 5.75 Å². The summed E-state index contributed by atoms with van der Waals surface area (Å²) >= 11 is 5.83. The van der Waals surface area contributed by atoms with Crippen LogP contribution in [-0.4, -0.2) is 19.7 Å². The Morgan fingerprint density at radius 2 is 2.20 bits per heavy atom. The van der Waals surface area contributed by atoms with Gasteiger partial charge in [0.15, 0.2) is 0 Å². The molecule has 15 heavy (non-hydrogen) atoms. The maximum Gasteiger partial charge on any atom is 0.340 e. The molecule has 0 unspecified atom stereocenters. The molecule has 82 valence electrons. The number of nitrogen functional groups attached to an aromatic ring is 1. The zero-order chi connectivity index (χ0) is 11.4. The summed E-state index contributed by atoms with van der Waals surface area (Å²) in [4.78, 5) is 11.4. The van der Waals surface area contributed by atoms with E-state index in [0.717, 1.165) is 0 Å². The SMILES string of the molecule is CCOC(=O)c1cc(OC)c(Cl)cc1N. The van der Waals surface area contributed by atoms with Gasteiger partial charge in [0.05, 0.1) is 24.3 Å². The first kappa shape index (κ1) is 11.7. The van der Waals surface area contributed by atoms with Crippen molar-refractivity contribution in [1.82, 2.24) is 0 Å². The highest BCUT2D eigenvalue weighted by atomic mass is 35.5. The third kappa shape index (κ3) is 2.53. The van der Waals surface area contributed by atoms with E-state index < -0.39 is 5.97 Å². The maximum atomic E-state index is 11.4. The van der Waals surface area contributed by atoms with E-state index in [0.29, 0.717) is 17.4 Å². The minimum absolute atomic E-state index is 0.262. The van der Waals surface area contributed by atoms with Crippen molar-refractivity contribution in [2.45, 2.75) is 6.92 Å². The monoisotopic (exact) mass is 229 g/mol. The Kier molecular flexibility index (Phi) is 3.80. The second kappa shape index (κ2) is 4.89. The van der Waals surface area contributed by atoms with Crippen molar-refractivity contribution in [2.75, 3.05) is 19.5 Å². The van der Waals surface area contributed by atoms with E-state index in [4.69, 9.17) is 26.8 Å². The molecule has 0 aromatic heterocycles. The molecule has 2 N–H and O–H groups in total. The molecule has 0 amide bonds. The van der Waals surface area contributed by atoms with Crippen LogP contribution in [0.25, 0.3) is 0 Å². The van der Waals surface area contributed by atoms with Gasteiger partial charge in [0.1, 0.15) is 5.75 Å². The highest BCUT2D eigenvalue weighted by Gasteiger charge is 2.14. The highest BCUT2D eigenvalue weighted by Crippen LogP contribution is 2.29. The second-order valence-electron chi connectivity index (χ2n) is 2.79. The van der Waals surface area contributed by atoms with Crippen molar-refractivity contribution in [3.63, 3.8) is 0 Å². The summed E-state index contributed by atoms with van der Waals surface area (Å²) in [6.45, 7) is 2.02. The molecular weight excluding hydrogens is 218 g/mol. The van der Waals surface area contributed by atoms with Crippen LogP contribution in [0, 0.1) is 0 Å². The van der Waals surface area contributed by atoms with E-state index in [9.17, 15) is 4.79 Å². The molecule has 0 radical (unpaired) electrons. The van der Waals surface area contributed by atoms with Gasteiger partial charge in [-0.2, -0.15) is 0 Å². The van der Waals surface area contributed by atoms with Gasteiger partial charge >= 0.3 is 5.97 Å². The van der Waals surface area contributed by atoms with Crippen molar-refractivity contribution in [3.05, 3.63) is 22.7 Å². The number of hydrogen-bond acceptors (Lipinski definition) is 4. The standard InChI is InChI=1S/C10H12ClNO3/c1-3-15-10(13)6-4-9(14-2)7(11)5-8(6)12/h4-5H,3,12H2,1-2H3. The van der Waals surface area contributed by atoms with Crippen molar-refractivity contribution in [1.29, 1.82) is 0 Å². The number of nitrogens with two attached hydrogens (primary N) is 1. The Bertz CT molecular complexity index is 379. The van der Waals surface area contributed by atoms with Gasteiger partial charge in [-0.3, -0.25) is 0 Å². The molecule has 0 heterocycles. The Hall–Kier alpha value is -1.42. The van der Waals surface area contributed by atoms with Crippen molar-refractivity contribution in [2.24, 2.45) is 0 Å². The molecule has 1 rings (SSSR count). The topological polar surface area (TPSA) is 61.5 Å². The highest BCUT2D eigenvalue weighted by molar-refractivity contribution is 6.32. The molecule has 5 heteroatoms. The van der Waals surface area contributed by atoms with Gasteiger partial charge in [-0.25, -0.2) is 4.79 Å². The molecule has 0 aliphatic rings. The number of benzene rings is 1. The quantitative estimate of drug-likeness (QED) is 0.637. The first-order chi connectivity index (χ1) is 7.10. The summed E-state index contributed by atoms with van der Waals surface area (Å²) in [7, 11) is 1.46. The Morgan fingerprint density at radius 3 is 2.73 bits per heavy atom. The fraction of sp³-hybridized carbons (Fsp3) is 0.300. The van der Waals surface area contributed by atoms with E-state index in [-0.39, 0.29) is 11.3 Å². The molecule has 0 saturated heterocycles. The summed E-state index contributed by atoms with van der Waals surface area (Å²) < 4.78 is 9.80. The lowest BCUT2D eigenvalue weighted by Gasteiger charge is -2.09. The number of hydrogen-bond donors (Lipinski definition) is 1. The van der Waals surface area contributed by atoms with Crippen LogP contribution in [0.4, 0.5) is 5.69 Å². The largest absolute Gasteiger partial charge is 0.495 e. The fourth-order valence-corrected chi connectivity index (χ4v) is 1.36. The molecule has 0 spiro atoms. The number of carbonyl (C=O) groups is 1. The lowest BCUT2D eigenvalue weighted by atomic mass is 10.1. The Labute approximate surface area is 92.9 Å². The van der Waals surface area contributed by atoms with Crippen LogP contribution in [0.15, 0.2) is 12.1 Å². The smallest absolute Gasteiger partial charge is 0.340 e. The number of esters is 1. The van der Waals surface area contributed by atoms with Crippen LogP contribution in [0.3, 0.4) is 0 Å². The number of ether oxygens (including phenoxy) is 2. The van der Waals surface area contributed by atoms with E-state index in [1.807, 2.05) is 0 Å². The molecule has 0 atom stereocenters. The third-order valence-corrected chi connectivity index (χ3v) is 2.11. The van der Waals surface area contributed by atoms with Gasteiger partial charge in [0.25, 0.3) is 0 Å². The molecule has 0 bridgehead atoms. The lowest BCUT2D eigenvalue weighted by Crippen LogP contribution is -2.08. The van der Waals surface area contributed by atoms with Gasteiger partial charge in [-0.1, -0.05) is 11.6 Å². The lowest BCUT2D eigenvalue weighted by molar-refractivity contribution is 0.0527. The molecule has 0 aliphatic carbocycles. The predicted octanol–water partition coefficient (Wildman–Crippen LogP) is 2.11. The molecule has 0 aliphatic heterocycles. The minimum atomic E-state index is -0.482. The average Bonchev–Trinajstić information content (AvgIpc) is 2.18. The Balaban J connectivity index is 3.12. The third-order valence-electron chi connectivity index (χ3n) is 1.82.